The van der Waals surface area contributed by atoms with Crippen LogP contribution in [-0.4, -0.2) is 18.7 Å². The van der Waals surface area contributed by atoms with E-state index in [1.807, 2.05) is 20.8 Å². The molecule has 0 radical (unpaired) electrons. The summed E-state index contributed by atoms with van der Waals surface area (Å²) in [6, 6.07) is 0. The fourth-order valence-corrected chi connectivity index (χ4v) is 0.656. The molecule has 12 heavy (non-hydrogen) atoms. The summed E-state index contributed by atoms with van der Waals surface area (Å²) in [6.07, 6.45) is 0.595. The average Bonchev–Trinajstić information content (AvgIpc) is 1.99. The summed E-state index contributed by atoms with van der Waals surface area (Å²) >= 11 is 0. The molecule has 1 unspecified atom stereocenters. The Balaban J connectivity index is 4.06. The van der Waals surface area contributed by atoms with Gasteiger partial charge in [0.2, 0.25) is 0 Å². The van der Waals surface area contributed by atoms with Crippen molar-refractivity contribution >= 4 is 5.97 Å². The fraction of sp³-hybridized carbons (Fsp3) is 0.889. The molecule has 0 N–H and O–H groups in total. The van der Waals surface area contributed by atoms with Crippen molar-refractivity contribution in [2.24, 2.45) is 5.41 Å². The first-order valence-electron chi connectivity index (χ1n) is 4.25. The zero-order valence-electron chi connectivity index (χ0n) is 8.22. The van der Waals surface area contributed by atoms with Gasteiger partial charge in [-0.15, -0.1) is 0 Å². The molecular formula is C9H17O3-. The molecule has 0 rings (SSSR count). The van der Waals surface area contributed by atoms with Crippen LogP contribution in [0.25, 0.3) is 0 Å². The summed E-state index contributed by atoms with van der Waals surface area (Å²) in [7, 11) is 0. The fourth-order valence-electron chi connectivity index (χ4n) is 0.656. The minimum Gasteiger partial charge on any atom is -0.549 e. The Labute approximate surface area is 73.7 Å². The molecule has 0 aliphatic heterocycles. The molecule has 0 aliphatic rings. The SMILES string of the molecule is CCC(C)(COC(C)C)C(=O)[O-]. The highest BCUT2D eigenvalue weighted by atomic mass is 16.5. The third-order valence-corrected chi connectivity index (χ3v) is 2.01. The molecule has 72 valence electrons. The Hall–Kier alpha value is -0.570. The molecule has 0 aromatic rings. The third kappa shape index (κ3) is 3.22. The van der Waals surface area contributed by atoms with Gasteiger partial charge in [-0.3, -0.25) is 0 Å². The first kappa shape index (κ1) is 11.4. The smallest absolute Gasteiger partial charge is 0.0575 e. The van der Waals surface area contributed by atoms with Crippen LogP contribution in [0.2, 0.25) is 0 Å². The lowest BCUT2D eigenvalue weighted by Crippen LogP contribution is -2.43. The molecule has 0 aromatic heterocycles. The van der Waals surface area contributed by atoms with Crippen molar-refractivity contribution in [1.82, 2.24) is 0 Å². The van der Waals surface area contributed by atoms with E-state index in [1.165, 1.54) is 0 Å². The second-order valence-corrected chi connectivity index (χ2v) is 3.56. The number of hydrogen-bond acceptors (Lipinski definition) is 3. The lowest BCUT2D eigenvalue weighted by Gasteiger charge is -2.29. The molecule has 0 saturated carbocycles. The largest absolute Gasteiger partial charge is 0.549 e. The molecule has 3 nitrogen and oxygen atoms in total. The van der Waals surface area contributed by atoms with Gasteiger partial charge in [-0.1, -0.05) is 13.8 Å². The van der Waals surface area contributed by atoms with E-state index in [2.05, 4.69) is 0 Å². The van der Waals surface area contributed by atoms with E-state index >= 15 is 0 Å². The maximum absolute atomic E-state index is 10.7. The molecule has 0 heterocycles. The zero-order valence-corrected chi connectivity index (χ0v) is 8.22. The highest BCUT2D eigenvalue weighted by Crippen LogP contribution is 2.20. The Morgan fingerprint density at radius 1 is 1.58 bits per heavy atom. The van der Waals surface area contributed by atoms with Gasteiger partial charge < -0.3 is 14.6 Å². The summed E-state index contributed by atoms with van der Waals surface area (Å²) in [5.41, 5.74) is -0.843. The Morgan fingerprint density at radius 2 is 2.08 bits per heavy atom. The van der Waals surface area contributed by atoms with Crippen molar-refractivity contribution in [3.05, 3.63) is 0 Å². The second-order valence-electron chi connectivity index (χ2n) is 3.56. The van der Waals surface area contributed by atoms with Crippen molar-refractivity contribution in [2.45, 2.75) is 40.2 Å². The minimum absolute atomic E-state index is 0.0650. The van der Waals surface area contributed by atoms with E-state index in [0.717, 1.165) is 0 Å². The van der Waals surface area contributed by atoms with Crippen molar-refractivity contribution in [3.63, 3.8) is 0 Å². The normalized spacial score (nSPS) is 16.1. The Morgan fingerprint density at radius 3 is 2.33 bits per heavy atom. The van der Waals surface area contributed by atoms with Crippen LogP contribution in [0.3, 0.4) is 0 Å². The number of carboxylic acid groups (broad SMARTS) is 1. The first-order valence-corrected chi connectivity index (χ1v) is 4.25. The predicted molar refractivity (Wildman–Crippen MR) is 44.5 cm³/mol. The van der Waals surface area contributed by atoms with Gasteiger partial charge in [0, 0.05) is 11.4 Å². The molecule has 0 spiro atoms. The van der Waals surface area contributed by atoms with Gasteiger partial charge in [0.1, 0.15) is 0 Å². The quantitative estimate of drug-likeness (QED) is 0.611. The van der Waals surface area contributed by atoms with Crippen LogP contribution >= 0.6 is 0 Å². The molecule has 0 aromatic carbocycles. The molecule has 0 aliphatic carbocycles. The predicted octanol–water partition coefficient (Wildman–Crippen LogP) is 0.578. The molecule has 0 bridgehead atoms. The highest BCUT2D eigenvalue weighted by Gasteiger charge is 2.24. The molecule has 1 atom stereocenters. The van der Waals surface area contributed by atoms with Crippen LogP contribution in [0.5, 0.6) is 0 Å². The van der Waals surface area contributed by atoms with Gasteiger partial charge in [0.25, 0.3) is 0 Å². The lowest BCUT2D eigenvalue weighted by molar-refractivity contribution is -0.320. The average molecular weight is 173 g/mol. The summed E-state index contributed by atoms with van der Waals surface area (Å²) in [5.74, 6) is -1.04. The maximum Gasteiger partial charge on any atom is 0.0575 e. The standard InChI is InChI=1S/C9H18O3/c1-5-9(4,8(10)11)6-12-7(2)3/h7H,5-6H2,1-4H3,(H,10,11)/p-1. The third-order valence-electron chi connectivity index (χ3n) is 2.01. The van der Waals surface area contributed by atoms with Gasteiger partial charge in [-0.25, -0.2) is 0 Å². The molecular weight excluding hydrogens is 156 g/mol. The monoisotopic (exact) mass is 173 g/mol. The molecule has 0 amide bonds. The van der Waals surface area contributed by atoms with Crippen LogP contribution in [0.4, 0.5) is 0 Å². The number of carboxylic acids is 1. The Kier molecular flexibility index (Phi) is 4.24. The van der Waals surface area contributed by atoms with E-state index in [4.69, 9.17) is 4.74 Å². The van der Waals surface area contributed by atoms with Crippen molar-refractivity contribution in [1.29, 1.82) is 0 Å². The van der Waals surface area contributed by atoms with Gasteiger partial charge >= 0.3 is 0 Å². The first-order chi connectivity index (χ1) is 5.42. The van der Waals surface area contributed by atoms with Crippen molar-refractivity contribution < 1.29 is 14.6 Å². The van der Waals surface area contributed by atoms with Crippen LogP contribution in [0, 0.1) is 5.41 Å². The highest BCUT2D eigenvalue weighted by molar-refractivity contribution is 5.71. The number of aliphatic carboxylic acids is 1. The summed E-state index contributed by atoms with van der Waals surface area (Å²) in [5, 5.41) is 10.7. The van der Waals surface area contributed by atoms with Crippen LogP contribution in [0.1, 0.15) is 34.1 Å². The molecule has 3 heteroatoms. The summed E-state index contributed by atoms with van der Waals surface area (Å²) < 4.78 is 5.24. The van der Waals surface area contributed by atoms with E-state index in [0.29, 0.717) is 6.42 Å². The lowest BCUT2D eigenvalue weighted by atomic mass is 9.89. The van der Waals surface area contributed by atoms with E-state index in [-0.39, 0.29) is 12.7 Å². The van der Waals surface area contributed by atoms with Gasteiger partial charge in [-0.2, -0.15) is 0 Å². The van der Waals surface area contributed by atoms with Gasteiger partial charge in [0.05, 0.1) is 12.7 Å². The van der Waals surface area contributed by atoms with E-state index < -0.39 is 11.4 Å². The van der Waals surface area contributed by atoms with Crippen LogP contribution in [0.15, 0.2) is 0 Å². The molecule has 0 fully saturated rings. The topological polar surface area (TPSA) is 49.4 Å². The second kappa shape index (κ2) is 4.45. The number of carbonyl (C=O) groups excluding carboxylic acids is 1. The van der Waals surface area contributed by atoms with Crippen LogP contribution in [-0.2, 0) is 9.53 Å². The molecule has 0 saturated heterocycles. The summed E-state index contributed by atoms with van der Waals surface area (Å²) in [4.78, 5) is 10.7. The Bertz CT molecular complexity index is 154. The number of carbonyl (C=O) groups is 1. The van der Waals surface area contributed by atoms with E-state index in [9.17, 15) is 9.90 Å². The number of hydrogen-bond donors (Lipinski definition) is 0. The number of ether oxygens (including phenoxy) is 1. The van der Waals surface area contributed by atoms with Gasteiger partial charge in [0.15, 0.2) is 0 Å². The number of rotatable bonds is 5. The minimum atomic E-state index is -1.04. The van der Waals surface area contributed by atoms with Crippen molar-refractivity contribution in [3.8, 4) is 0 Å². The van der Waals surface area contributed by atoms with Crippen molar-refractivity contribution in [2.75, 3.05) is 6.61 Å². The summed E-state index contributed by atoms with van der Waals surface area (Å²) in [6.45, 7) is 7.45. The zero-order chi connectivity index (χ0) is 9.78. The maximum atomic E-state index is 10.7. The van der Waals surface area contributed by atoms with E-state index in [1.54, 1.807) is 6.92 Å². The van der Waals surface area contributed by atoms with Crippen LogP contribution < -0.4 is 5.11 Å². The van der Waals surface area contributed by atoms with Gasteiger partial charge in [-0.05, 0) is 20.3 Å².